The van der Waals surface area contributed by atoms with Crippen molar-refractivity contribution in [3.8, 4) is 0 Å². The standard InChI is InChI=1S/C6H5BrN4/c7-4-1-5-6(9-2-4)10-3-11(5)8/h1-3H,8H2. The third-order valence-electron chi connectivity index (χ3n) is 1.40. The minimum absolute atomic E-state index is 0.663. The molecule has 2 heterocycles. The molecule has 0 amide bonds. The lowest BCUT2D eigenvalue weighted by Crippen LogP contribution is -2.04. The van der Waals surface area contributed by atoms with Crippen molar-refractivity contribution >= 4 is 27.1 Å². The predicted molar refractivity (Wildman–Crippen MR) is 45.4 cm³/mol. The highest BCUT2D eigenvalue weighted by Crippen LogP contribution is 2.13. The fourth-order valence-corrected chi connectivity index (χ4v) is 1.21. The Kier molecular flexibility index (Phi) is 1.32. The largest absolute Gasteiger partial charge is 0.338 e. The molecule has 4 nitrogen and oxygen atoms in total. The van der Waals surface area contributed by atoms with Gasteiger partial charge in [0.25, 0.3) is 0 Å². The highest BCUT2D eigenvalue weighted by Gasteiger charge is 2.00. The molecule has 2 rings (SSSR count). The SMILES string of the molecule is Nn1cnc2ncc(Br)cc21. The number of hydrogen-bond acceptors (Lipinski definition) is 3. The molecule has 0 fully saturated rings. The number of fused-ring (bicyclic) bond motifs is 1. The number of halogens is 1. The van der Waals surface area contributed by atoms with Gasteiger partial charge in [-0.3, -0.25) is 0 Å². The van der Waals surface area contributed by atoms with Gasteiger partial charge in [-0.05, 0) is 22.0 Å². The van der Waals surface area contributed by atoms with E-state index in [1.54, 1.807) is 6.20 Å². The second-order valence-electron chi connectivity index (χ2n) is 2.15. The van der Waals surface area contributed by atoms with E-state index in [0.717, 1.165) is 9.99 Å². The summed E-state index contributed by atoms with van der Waals surface area (Å²) in [4.78, 5) is 8.01. The number of imidazole rings is 1. The molecule has 2 aromatic heterocycles. The molecule has 0 bridgehead atoms. The normalized spacial score (nSPS) is 10.6. The topological polar surface area (TPSA) is 56.7 Å². The lowest BCUT2D eigenvalue weighted by atomic mass is 10.4. The second-order valence-corrected chi connectivity index (χ2v) is 3.06. The fraction of sp³-hybridized carbons (Fsp3) is 0. The summed E-state index contributed by atoms with van der Waals surface area (Å²) in [5.41, 5.74) is 1.48. The Balaban J connectivity index is 2.87. The van der Waals surface area contributed by atoms with Crippen LogP contribution in [-0.2, 0) is 0 Å². The van der Waals surface area contributed by atoms with Crippen LogP contribution in [-0.4, -0.2) is 14.6 Å². The molecule has 11 heavy (non-hydrogen) atoms. The smallest absolute Gasteiger partial charge is 0.179 e. The molecule has 2 N–H and O–H groups in total. The van der Waals surface area contributed by atoms with Crippen molar-refractivity contribution in [3.05, 3.63) is 23.1 Å². The quantitative estimate of drug-likeness (QED) is 0.661. The Morgan fingerprint density at radius 2 is 2.27 bits per heavy atom. The van der Waals surface area contributed by atoms with Gasteiger partial charge in [0, 0.05) is 10.7 Å². The molecule has 0 aromatic carbocycles. The first-order valence-electron chi connectivity index (χ1n) is 3.01. The molecule has 5 heteroatoms. The summed E-state index contributed by atoms with van der Waals surface area (Å²) in [5, 5.41) is 0. The first-order valence-corrected chi connectivity index (χ1v) is 3.80. The van der Waals surface area contributed by atoms with Crippen LogP contribution >= 0.6 is 15.9 Å². The minimum atomic E-state index is 0.663. The van der Waals surface area contributed by atoms with Crippen molar-refractivity contribution in [2.75, 3.05) is 5.84 Å². The maximum Gasteiger partial charge on any atom is 0.179 e. The lowest BCUT2D eigenvalue weighted by Gasteiger charge is -1.92. The van der Waals surface area contributed by atoms with Crippen LogP contribution < -0.4 is 5.84 Å². The van der Waals surface area contributed by atoms with Gasteiger partial charge in [-0.2, -0.15) is 0 Å². The summed E-state index contributed by atoms with van der Waals surface area (Å²) in [6.07, 6.45) is 3.22. The maximum absolute atomic E-state index is 5.54. The van der Waals surface area contributed by atoms with E-state index in [1.165, 1.54) is 11.0 Å². The molecule has 0 unspecified atom stereocenters. The van der Waals surface area contributed by atoms with Crippen LogP contribution in [0.15, 0.2) is 23.1 Å². The van der Waals surface area contributed by atoms with Gasteiger partial charge in [0.05, 0.1) is 0 Å². The number of nitrogen functional groups attached to an aromatic ring is 1. The van der Waals surface area contributed by atoms with E-state index in [2.05, 4.69) is 25.9 Å². The van der Waals surface area contributed by atoms with E-state index in [-0.39, 0.29) is 0 Å². The van der Waals surface area contributed by atoms with Crippen molar-refractivity contribution < 1.29 is 0 Å². The van der Waals surface area contributed by atoms with Gasteiger partial charge in [0.1, 0.15) is 11.8 Å². The van der Waals surface area contributed by atoms with Gasteiger partial charge in [0.2, 0.25) is 0 Å². The number of hydrogen-bond donors (Lipinski definition) is 1. The average molecular weight is 213 g/mol. The second kappa shape index (κ2) is 2.20. The van der Waals surface area contributed by atoms with Crippen molar-refractivity contribution in [3.63, 3.8) is 0 Å². The predicted octanol–water partition coefficient (Wildman–Crippen LogP) is 0.908. The highest BCUT2D eigenvalue weighted by molar-refractivity contribution is 9.10. The zero-order chi connectivity index (χ0) is 7.84. The summed E-state index contributed by atoms with van der Waals surface area (Å²) < 4.78 is 2.34. The summed E-state index contributed by atoms with van der Waals surface area (Å²) in [5.74, 6) is 5.54. The van der Waals surface area contributed by atoms with Crippen LogP contribution in [0.4, 0.5) is 0 Å². The highest BCUT2D eigenvalue weighted by atomic mass is 79.9. The van der Waals surface area contributed by atoms with Crippen molar-refractivity contribution in [1.29, 1.82) is 0 Å². The summed E-state index contributed by atoms with van der Waals surface area (Å²) in [7, 11) is 0. The fourth-order valence-electron chi connectivity index (χ4n) is 0.890. The Morgan fingerprint density at radius 1 is 1.45 bits per heavy atom. The van der Waals surface area contributed by atoms with Crippen LogP contribution in [0.25, 0.3) is 11.2 Å². The molecule has 56 valence electrons. The van der Waals surface area contributed by atoms with E-state index in [4.69, 9.17) is 5.84 Å². The van der Waals surface area contributed by atoms with Crippen LogP contribution in [0.2, 0.25) is 0 Å². The van der Waals surface area contributed by atoms with Crippen molar-refractivity contribution in [2.45, 2.75) is 0 Å². The van der Waals surface area contributed by atoms with Gasteiger partial charge < -0.3 is 5.84 Å². The van der Waals surface area contributed by atoms with Crippen molar-refractivity contribution in [2.24, 2.45) is 0 Å². The molecule has 0 spiro atoms. The lowest BCUT2D eigenvalue weighted by molar-refractivity contribution is 1.04. The Bertz CT molecular complexity index is 394. The first-order chi connectivity index (χ1) is 5.27. The summed E-state index contributed by atoms with van der Waals surface area (Å²) in [6, 6.07) is 1.87. The Hall–Kier alpha value is -1.10. The molecule has 0 aliphatic carbocycles. The molecule has 0 atom stereocenters. The van der Waals surface area contributed by atoms with Gasteiger partial charge >= 0.3 is 0 Å². The van der Waals surface area contributed by atoms with Crippen molar-refractivity contribution in [1.82, 2.24) is 14.6 Å². The van der Waals surface area contributed by atoms with Crippen LogP contribution in [0.5, 0.6) is 0 Å². The van der Waals surface area contributed by atoms with Crippen LogP contribution in [0.1, 0.15) is 0 Å². The van der Waals surface area contributed by atoms with Gasteiger partial charge in [-0.25, -0.2) is 14.6 Å². The molecule has 0 aliphatic heterocycles. The minimum Gasteiger partial charge on any atom is -0.338 e. The van der Waals surface area contributed by atoms with Crippen LogP contribution in [0.3, 0.4) is 0 Å². The van der Waals surface area contributed by atoms with E-state index < -0.39 is 0 Å². The van der Waals surface area contributed by atoms with Gasteiger partial charge in [0.15, 0.2) is 5.65 Å². The average Bonchev–Trinajstić information content (AvgIpc) is 2.33. The van der Waals surface area contributed by atoms with Gasteiger partial charge in [-0.1, -0.05) is 0 Å². The molecule has 0 radical (unpaired) electrons. The van der Waals surface area contributed by atoms with E-state index in [1.807, 2.05) is 6.07 Å². The first kappa shape index (κ1) is 6.60. The third kappa shape index (κ3) is 0.970. The molecule has 0 aliphatic rings. The number of nitrogens with zero attached hydrogens (tertiary/aromatic N) is 3. The number of aromatic nitrogens is 3. The molecule has 0 saturated heterocycles. The zero-order valence-electron chi connectivity index (χ0n) is 5.53. The molecule has 2 aromatic rings. The molecular weight excluding hydrogens is 208 g/mol. The summed E-state index contributed by atoms with van der Waals surface area (Å²) in [6.45, 7) is 0. The van der Waals surface area contributed by atoms with Crippen LogP contribution in [0, 0.1) is 0 Å². The van der Waals surface area contributed by atoms with E-state index in [9.17, 15) is 0 Å². The Labute approximate surface area is 71.1 Å². The maximum atomic E-state index is 5.54. The van der Waals surface area contributed by atoms with E-state index in [0.29, 0.717) is 5.65 Å². The monoisotopic (exact) mass is 212 g/mol. The molecule has 0 saturated carbocycles. The number of nitrogens with two attached hydrogens (primary N) is 1. The zero-order valence-corrected chi connectivity index (χ0v) is 7.12. The number of pyridine rings is 1. The summed E-state index contributed by atoms with van der Waals surface area (Å²) >= 11 is 3.29. The third-order valence-corrected chi connectivity index (χ3v) is 1.83. The van der Waals surface area contributed by atoms with Gasteiger partial charge in [-0.15, -0.1) is 0 Å². The molecular formula is C6H5BrN4. The van der Waals surface area contributed by atoms with E-state index >= 15 is 0 Å². The Morgan fingerprint density at radius 3 is 3.09 bits per heavy atom. The number of rotatable bonds is 0.